The minimum absolute atomic E-state index is 0.187. The Bertz CT molecular complexity index is 375. The molecule has 18 heavy (non-hydrogen) atoms. The van der Waals surface area contributed by atoms with E-state index >= 15 is 0 Å². The molecule has 1 aromatic rings. The summed E-state index contributed by atoms with van der Waals surface area (Å²) >= 11 is 0. The highest BCUT2D eigenvalue weighted by molar-refractivity contribution is 5.28. The average molecular weight is 246 g/mol. The van der Waals surface area contributed by atoms with Crippen molar-refractivity contribution in [3.63, 3.8) is 0 Å². The predicted molar refractivity (Wildman–Crippen MR) is 77.6 cm³/mol. The molecule has 1 heterocycles. The lowest BCUT2D eigenvalue weighted by atomic mass is 9.99. The van der Waals surface area contributed by atoms with Gasteiger partial charge in [0.25, 0.3) is 0 Å². The van der Waals surface area contributed by atoms with Gasteiger partial charge in [0.15, 0.2) is 0 Å². The quantitative estimate of drug-likeness (QED) is 0.865. The molecule has 1 aliphatic rings. The van der Waals surface area contributed by atoms with E-state index in [9.17, 15) is 0 Å². The minimum atomic E-state index is 0.187. The smallest absolute Gasteiger partial charge is 0.0309 e. The Hall–Kier alpha value is -0.860. The molecule has 0 saturated carbocycles. The van der Waals surface area contributed by atoms with Crippen molar-refractivity contribution in [1.82, 2.24) is 4.90 Å². The number of nitrogens with zero attached hydrogens (tertiary/aromatic N) is 1. The fraction of sp³-hybridized carbons (Fsp3) is 0.625. The lowest BCUT2D eigenvalue weighted by Crippen LogP contribution is -2.25. The number of hydrogen-bond donors (Lipinski definition) is 1. The van der Waals surface area contributed by atoms with Gasteiger partial charge in [-0.2, -0.15) is 0 Å². The van der Waals surface area contributed by atoms with Gasteiger partial charge in [-0.1, -0.05) is 37.6 Å². The molecular formula is C16H26N2. The van der Waals surface area contributed by atoms with Crippen molar-refractivity contribution in [2.45, 2.75) is 39.2 Å². The number of aryl methyl sites for hydroxylation is 1. The lowest BCUT2D eigenvalue weighted by molar-refractivity contribution is 0.308. The Balaban J connectivity index is 1.82. The second-order valence-corrected chi connectivity index (χ2v) is 5.62. The highest BCUT2D eigenvalue weighted by Crippen LogP contribution is 2.22. The molecule has 0 radical (unpaired) electrons. The second kappa shape index (κ2) is 6.35. The normalized spacial score (nSPS) is 22.3. The van der Waals surface area contributed by atoms with Crippen molar-refractivity contribution in [2.75, 3.05) is 19.6 Å². The van der Waals surface area contributed by atoms with Gasteiger partial charge in [0, 0.05) is 12.6 Å². The summed E-state index contributed by atoms with van der Waals surface area (Å²) in [7, 11) is 0. The van der Waals surface area contributed by atoms with Crippen LogP contribution in [-0.4, -0.2) is 24.5 Å². The van der Waals surface area contributed by atoms with Gasteiger partial charge in [-0.3, -0.25) is 0 Å². The number of benzene rings is 1. The zero-order valence-electron chi connectivity index (χ0n) is 11.7. The average Bonchev–Trinajstić information content (AvgIpc) is 2.84. The zero-order valence-corrected chi connectivity index (χ0v) is 11.7. The van der Waals surface area contributed by atoms with E-state index in [0.29, 0.717) is 0 Å². The standard InChI is InChI=1S/C16H26N2/c1-3-14-8-10-18(12-14)11-9-16(17)15-7-5-4-6-13(15)2/h4-7,14,16H,3,8-12,17H2,1-2H3. The molecule has 0 spiro atoms. The summed E-state index contributed by atoms with van der Waals surface area (Å²) in [6.07, 6.45) is 3.76. The van der Waals surface area contributed by atoms with Crippen LogP contribution in [0.4, 0.5) is 0 Å². The summed E-state index contributed by atoms with van der Waals surface area (Å²) in [5.74, 6) is 0.916. The third kappa shape index (κ3) is 3.33. The van der Waals surface area contributed by atoms with Crippen LogP contribution in [-0.2, 0) is 0 Å². The van der Waals surface area contributed by atoms with E-state index in [-0.39, 0.29) is 6.04 Å². The van der Waals surface area contributed by atoms with Gasteiger partial charge in [-0.15, -0.1) is 0 Å². The Morgan fingerprint density at radius 2 is 2.17 bits per heavy atom. The Kier molecular flexibility index (Phi) is 4.79. The van der Waals surface area contributed by atoms with Crippen LogP contribution in [0.5, 0.6) is 0 Å². The maximum Gasteiger partial charge on any atom is 0.0309 e. The predicted octanol–water partition coefficient (Wildman–Crippen LogP) is 3.12. The van der Waals surface area contributed by atoms with Gasteiger partial charge in [0.05, 0.1) is 0 Å². The van der Waals surface area contributed by atoms with Gasteiger partial charge in [0.2, 0.25) is 0 Å². The first kappa shape index (κ1) is 13.6. The SMILES string of the molecule is CCC1CCN(CCC(N)c2ccccc2C)C1. The monoisotopic (exact) mass is 246 g/mol. The third-order valence-electron chi connectivity index (χ3n) is 4.29. The van der Waals surface area contributed by atoms with Gasteiger partial charge in [-0.05, 0) is 49.9 Å². The van der Waals surface area contributed by atoms with Gasteiger partial charge in [-0.25, -0.2) is 0 Å². The summed E-state index contributed by atoms with van der Waals surface area (Å²) in [5, 5.41) is 0. The van der Waals surface area contributed by atoms with Crippen LogP contribution < -0.4 is 5.73 Å². The van der Waals surface area contributed by atoms with Gasteiger partial charge < -0.3 is 10.6 Å². The van der Waals surface area contributed by atoms with E-state index in [0.717, 1.165) is 18.9 Å². The van der Waals surface area contributed by atoms with E-state index in [1.165, 1.54) is 37.1 Å². The van der Waals surface area contributed by atoms with E-state index in [4.69, 9.17) is 5.73 Å². The Morgan fingerprint density at radius 3 is 2.83 bits per heavy atom. The molecule has 0 amide bonds. The zero-order chi connectivity index (χ0) is 13.0. The van der Waals surface area contributed by atoms with Crippen LogP contribution in [0.2, 0.25) is 0 Å². The molecule has 0 bridgehead atoms. The van der Waals surface area contributed by atoms with E-state index < -0.39 is 0 Å². The molecular weight excluding hydrogens is 220 g/mol. The molecule has 0 aliphatic carbocycles. The van der Waals surface area contributed by atoms with Crippen LogP contribution >= 0.6 is 0 Å². The molecule has 1 fully saturated rings. The molecule has 2 heteroatoms. The lowest BCUT2D eigenvalue weighted by Gasteiger charge is -2.20. The van der Waals surface area contributed by atoms with E-state index in [2.05, 4.69) is 43.0 Å². The van der Waals surface area contributed by atoms with E-state index in [1.807, 2.05) is 0 Å². The van der Waals surface area contributed by atoms with Gasteiger partial charge in [0.1, 0.15) is 0 Å². The molecule has 2 nitrogen and oxygen atoms in total. The summed E-state index contributed by atoms with van der Waals surface area (Å²) < 4.78 is 0. The number of likely N-dealkylation sites (tertiary alicyclic amines) is 1. The van der Waals surface area contributed by atoms with Crippen LogP contribution in [0, 0.1) is 12.8 Å². The minimum Gasteiger partial charge on any atom is -0.324 e. The van der Waals surface area contributed by atoms with Crippen molar-refractivity contribution in [3.8, 4) is 0 Å². The van der Waals surface area contributed by atoms with Crippen molar-refractivity contribution >= 4 is 0 Å². The highest BCUT2D eigenvalue weighted by Gasteiger charge is 2.21. The summed E-state index contributed by atoms with van der Waals surface area (Å²) in [5.41, 5.74) is 8.94. The fourth-order valence-electron chi connectivity index (χ4n) is 2.93. The third-order valence-corrected chi connectivity index (χ3v) is 4.29. The molecule has 2 unspecified atom stereocenters. The van der Waals surface area contributed by atoms with Crippen LogP contribution in [0.1, 0.15) is 43.4 Å². The first-order chi connectivity index (χ1) is 8.70. The van der Waals surface area contributed by atoms with Crippen LogP contribution in [0.3, 0.4) is 0 Å². The summed E-state index contributed by atoms with van der Waals surface area (Å²) in [6.45, 7) is 8.13. The maximum absolute atomic E-state index is 6.31. The highest BCUT2D eigenvalue weighted by atomic mass is 15.1. The molecule has 2 rings (SSSR count). The Morgan fingerprint density at radius 1 is 1.39 bits per heavy atom. The van der Waals surface area contributed by atoms with Crippen molar-refractivity contribution in [2.24, 2.45) is 11.7 Å². The molecule has 2 atom stereocenters. The topological polar surface area (TPSA) is 29.3 Å². The largest absolute Gasteiger partial charge is 0.324 e. The molecule has 1 aromatic carbocycles. The summed E-state index contributed by atoms with van der Waals surface area (Å²) in [6, 6.07) is 8.67. The fourth-order valence-corrected chi connectivity index (χ4v) is 2.93. The van der Waals surface area contributed by atoms with Crippen molar-refractivity contribution in [1.29, 1.82) is 0 Å². The van der Waals surface area contributed by atoms with Crippen molar-refractivity contribution < 1.29 is 0 Å². The number of hydrogen-bond acceptors (Lipinski definition) is 2. The van der Waals surface area contributed by atoms with Crippen LogP contribution in [0.15, 0.2) is 24.3 Å². The molecule has 1 saturated heterocycles. The second-order valence-electron chi connectivity index (χ2n) is 5.62. The van der Waals surface area contributed by atoms with Crippen molar-refractivity contribution in [3.05, 3.63) is 35.4 Å². The Labute approximate surface area is 111 Å². The van der Waals surface area contributed by atoms with E-state index in [1.54, 1.807) is 0 Å². The van der Waals surface area contributed by atoms with Gasteiger partial charge >= 0.3 is 0 Å². The first-order valence-electron chi connectivity index (χ1n) is 7.24. The molecule has 2 N–H and O–H groups in total. The summed E-state index contributed by atoms with van der Waals surface area (Å²) in [4.78, 5) is 2.58. The molecule has 0 aromatic heterocycles. The number of rotatable bonds is 5. The maximum atomic E-state index is 6.31. The molecule has 100 valence electrons. The van der Waals surface area contributed by atoms with Crippen LogP contribution in [0.25, 0.3) is 0 Å². The molecule has 1 aliphatic heterocycles. The first-order valence-corrected chi connectivity index (χ1v) is 7.24. The number of nitrogens with two attached hydrogens (primary N) is 1.